The van der Waals surface area contributed by atoms with Gasteiger partial charge in [0.2, 0.25) is 0 Å². The minimum atomic E-state index is -0.550. The number of aromatic nitrogens is 1. The summed E-state index contributed by atoms with van der Waals surface area (Å²) in [5.41, 5.74) is 12.5. The monoisotopic (exact) mass is 332 g/mol. The first kappa shape index (κ1) is 16.4. The molecular formula is C16H21FN6O. The molecule has 2 aliphatic rings. The molecule has 1 aromatic heterocycles. The molecule has 3 rings (SSSR count). The van der Waals surface area contributed by atoms with Crippen molar-refractivity contribution in [2.24, 2.45) is 11.5 Å². The number of carbonyl (C=O) groups is 1. The number of hydrogen-bond donors (Lipinski definition) is 5. The van der Waals surface area contributed by atoms with Crippen molar-refractivity contribution in [1.82, 2.24) is 10.3 Å². The number of rotatable bonds is 4. The van der Waals surface area contributed by atoms with Gasteiger partial charge in [0.1, 0.15) is 0 Å². The largest absolute Gasteiger partial charge is 0.404 e. The number of amides is 1. The van der Waals surface area contributed by atoms with E-state index in [0.29, 0.717) is 0 Å². The Balaban J connectivity index is 2.06. The number of nitrogens with two attached hydrogens (primary N) is 2. The van der Waals surface area contributed by atoms with Crippen molar-refractivity contribution in [1.29, 1.82) is 5.41 Å². The van der Waals surface area contributed by atoms with Crippen LogP contribution in [0.5, 0.6) is 0 Å². The average Bonchev–Trinajstić information content (AvgIpc) is 2.97. The van der Waals surface area contributed by atoms with Gasteiger partial charge >= 0.3 is 0 Å². The molecule has 8 heteroatoms. The van der Waals surface area contributed by atoms with Crippen LogP contribution < -0.4 is 22.1 Å². The van der Waals surface area contributed by atoms with Crippen molar-refractivity contribution in [3.63, 3.8) is 0 Å². The molecule has 0 radical (unpaired) electrons. The fourth-order valence-corrected chi connectivity index (χ4v) is 3.29. The highest BCUT2D eigenvalue weighted by Gasteiger charge is 2.32. The smallest absolute Gasteiger partial charge is 0.254 e. The third-order valence-electron chi connectivity index (χ3n) is 4.64. The van der Waals surface area contributed by atoms with Crippen LogP contribution in [0.25, 0.3) is 5.57 Å². The van der Waals surface area contributed by atoms with E-state index in [4.69, 9.17) is 16.9 Å². The summed E-state index contributed by atoms with van der Waals surface area (Å²) >= 11 is 0. The lowest BCUT2D eigenvalue weighted by Gasteiger charge is -2.30. The number of allylic oxidation sites excluding steroid dienone is 1. The number of halogens is 1. The first-order chi connectivity index (χ1) is 11.6. The van der Waals surface area contributed by atoms with Gasteiger partial charge in [-0.05, 0) is 12.8 Å². The Kier molecular flexibility index (Phi) is 4.48. The molecular weight excluding hydrogens is 311 g/mol. The van der Waals surface area contributed by atoms with E-state index in [1.54, 1.807) is 0 Å². The van der Waals surface area contributed by atoms with Gasteiger partial charge in [-0.25, -0.2) is 9.37 Å². The number of fused-ring (bicyclic) bond motifs is 1. The first-order valence-corrected chi connectivity index (χ1v) is 8.02. The maximum absolute atomic E-state index is 14.8. The lowest BCUT2D eigenvalue weighted by Crippen LogP contribution is -2.43. The first-order valence-electron chi connectivity index (χ1n) is 8.02. The molecule has 1 aliphatic carbocycles. The highest BCUT2D eigenvalue weighted by molar-refractivity contribution is 6.13. The molecule has 0 saturated heterocycles. The standard InChI is InChI=1S/C16H21FN6O/c17-13-9-7-21-16(24)12(9)14(8(5-18)6-19)23-15(13)22-11-4-2-1-3-10(11)20/h5-6,10-11,18H,1-4,7,19-20H2,(H,21,24)(H,22,23)/t10-,11+/m0/s1. The summed E-state index contributed by atoms with van der Waals surface area (Å²) in [5.74, 6) is -0.899. The zero-order valence-electron chi connectivity index (χ0n) is 13.2. The van der Waals surface area contributed by atoms with Crippen LogP contribution in [0, 0.1) is 11.2 Å². The van der Waals surface area contributed by atoms with Gasteiger partial charge in [-0.2, -0.15) is 0 Å². The summed E-state index contributed by atoms with van der Waals surface area (Å²) in [6.45, 7) is 0.0940. The normalized spacial score (nSPS) is 23.6. The van der Waals surface area contributed by atoms with Gasteiger partial charge in [0.15, 0.2) is 11.6 Å². The Morgan fingerprint density at radius 1 is 1.42 bits per heavy atom. The maximum Gasteiger partial charge on any atom is 0.254 e. The van der Waals surface area contributed by atoms with Gasteiger partial charge in [-0.1, -0.05) is 12.8 Å². The highest BCUT2D eigenvalue weighted by Crippen LogP contribution is 2.31. The zero-order valence-corrected chi connectivity index (χ0v) is 13.2. The van der Waals surface area contributed by atoms with Crippen LogP contribution in [-0.4, -0.2) is 29.2 Å². The summed E-state index contributed by atoms with van der Waals surface area (Å²) in [4.78, 5) is 16.3. The fourth-order valence-electron chi connectivity index (χ4n) is 3.29. The van der Waals surface area contributed by atoms with Crippen molar-refractivity contribution < 1.29 is 9.18 Å². The molecule has 1 fully saturated rings. The minimum Gasteiger partial charge on any atom is -0.404 e. The van der Waals surface area contributed by atoms with E-state index in [0.717, 1.165) is 31.9 Å². The molecule has 1 aliphatic heterocycles. The topological polar surface area (TPSA) is 130 Å². The van der Waals surface area contributed by atoms with Gasteiger partial charge in [0, 0.05) is 42.2 Å². The molecule has 1 amide bonds. The summed E-state index contributed by atoms with van der Waals surface area (Å²) < 4.78 is 14.8. The number of pyridine rings is 1. The van der Waals surface area contributed by atoms with Crippen molar-refractivity contribution in [3.8, 4) is 0 Å². The molecule has 1 aromatic rings. The van der Waals surface area contributed by atoms with E-state index in [2.05, 4.69) is 15.6 Å². The predicted molar refractivity (Wildman–Crippen MR) is 90.2 cm³/mol. The number of carbonyl (C=O) groups excluding carboxylic acids is 1. The lowest BCUT2D eigenvalue weighted by atomic mass is 9.91. The molecule has 1 saturated carbocycles. The molecule has 7 nitrogen and oxygen atoms in total. The second-order valence-electron chi connectivity index (χ2n) is 6.12. The van der Waals surface area contributed by atoms with E-state index < -0.39 is 11.7 Å². The average molecular weight is 332 g/mol. The van der Waals surface area contributed by atoms with Gasteiger partial charge in [0.25, 0.3) is 5.91 Å². The van der Waals surface area contributed by atoms with Crippen LogP contribution in [0.3, 0.4) is 0 Å². The van der Waals surface area contributed by atoms with Crippen molar-refractivity contribution in [2.45, 2.75) is 44.3 Å². The second kappa shape index (κ2) is 6.56. The lowest BCUT2D eigenvalue weighted by molar-refractivity contribution is 0.0965. The quantitative estimate of drug-likeness (QED) is 0.527. The zero-order chi connectivity index (χ0) is 17.3. The van der Waals surface area contributed by atoms with Crippen molar-refractivity contribution in [3.05, 3.63) is 28.8 Å². The van der Waals surface area contributed by atoms with Crippen LogP contribution in [-0.2, 0) is 6.54 Å². The Morgan fingerprint density at radius 3 is 2.83 bits per heavy atom. The minimum absolute atomic E-state index is 0.0591. The predicted octanol–water partition coefficient (Wildman–Crippen LogP) is 1.10. The molecule has 2 atom stereocenters. The Bertz CT molecular complexity index is 717. The van der Waals surface area contributed by atoms with Crippen LogP contribution in [0.1, 0.15) is 47.3 Å². The van der Waals surface area contributed by atoms with E-state index in [1.165, 1.54) is 6.20 Å². The van der Waals surface area contributed by atoms with Gasteiger partial charge in [0.05, 0.1) is 11.3 Å². The molecule has 128 valence electrons. The third-order valence-corrected chi connectivity index (χ3v) is 4.64. The summed E-state index contributed by atoms with van der Waals surface area (Å²) in [7, 11) is 0. The van der Waals surface area contributed by atoms with E-state index in [-0.39, 0.29) is 46.8 Å². The third kappa shape index (κ3) is 2.73. The second-order valence-corrected chi connectivity index (χ2v) is 6.12. The molecule has 7 N–H and O–H groups in total. The molecule has 0 spiro atoms. The molecule has 24 heavy (non-hydrogen) atoms. The molecule has 0 bridgehead atoms. The highest BCUT2D eigenvalue weighted by atomic mass is 19.1. The van der Waals surface area contributed by atoms with E-state index in [1.807, 2.05) is 0 Å². The van der Waals surface area contributed by atoms with Gasteiger partial charge < -0.3 is 27.5 Å². The van der Waals surface area contributed by atoms with Crippen LogP contribution in [0.15, 0.2) is 6.20 Å². The Labute approximate surface area is 139 Å². The summed E-state index contributed by atoms with van der Waals surface area (Å²) in [5, 5.41) is 13.1. The SMILES string of the molecule is N=CC(=CN)c1nc(N[C@@H]2CCCC[C@@H]2N)c(F)c2c1C(=O)NC2. The van der Waals surface area contributed by atoms with Crippen molar-refractivity contribution >= 4 is 23.5 Å². The molecule has 2 heterocycles. The Morgan fingerprint density at radius 2 is 2.17 bits per heavy atom. The number of nitrogens with one attached hydrogen (secondary N) is 3. The number of nitrogens with zero attached hydrogens (tertiary/aromatic N) is 1. The fraction of sp³-hybridized carbons (Fsp3) is 0.438. The number of anilines is 1. The van der Waals surface area contributed by atoms with Crippen LogP contribution in [0.4, 0.5) is 10.2 Å². The summed E-state index contributed by atoms with van der Waals surface area (Å²) in [6.07, 6.45) is 6.01. The summed E-state index contributed by atoms with van der Waals surface area (Å²) in [6, 6.07) is -0.134. The van der Waals surface area contributed by atoms with Crippen LogP contribution in [0.2, 0.25) is 0 Å². The van der Waals surface area contributed by atoms with E-state index >= 15 is 0 Å². The molecule has 0 aromatic carbocycles. The van der Waals surface area contributed by atoms with Crippen LogP contribution >= 0.6 is 0 Å². The van der Waals surface area contributed by atoms with E-state index in [9.17, 15) is 9.18 Å². The van der Waals surface area contributed by atoms with Gasteiger partial charge in [-0.3, -0.25) is 4.79 Å². The Hall–Kier alpha value is -2.48. The molecule has 0 unspecified atom stereocenters. The maximum atomic E-state index is 14.8. The number of hydrogen-bond acceptors (Lipinski definition) is 6. The van der Waals surface area contributed by atoms with Crippen molar-refractivity contribution in [2.75, 3.05) is 5.32 Å². The van der Waals surface area contributed by atoms with Gasteiger partial charge in [-0.15, -0.1) is 0 Å².